The summed E-state index contributed by atoms with van der Waals surface area (Å²) in [6.07, 6.45) is 3.54. The first-order valence-corrected chi connectivity index (χ1v) is 6.96. The number of nitrogens with one attached hydrogen (secondary N) is 2. The van der Waals surface area contributed by atoms with E-state index in [0.29, 0.717) is 22.3 Å². The summed E-state index contributed by atoms with van der Waals surface area (Å²) >= 11 is 6.01. The number of anilines is 1. The van der Waals surface area contributed by atoms with Crippen LogP contribution in [0.5, 0.6) is 0 Å². The molecule has 1 amide bonds. The highest BCUT2D eigenvalue weighted by molar-refractivity contribution is 6.33. The summed E-state index contributed by atoms with van der Waals surface area (Å²) in [6.45, 7) is 6.36. The van der Waals surface area contributed by atoms with Gasteiger partial charge in [0.25, 0.3) is 5.91 Å². The van der Waals surface area contributed by atoms with Crippen molar-refractivity contribution >= 4 is 23.3 Å². The Kier molecular flexibility index (Phi) is 6.09. The molecule has 0 aromatic carbocycles. The predicted octanol–water partition coefficient (Wildman–Crippen LogP) is 3.33. The summed E-state index contributed by atoms with van der Waals surface area (Å²) in [5.41, 5.74) is 0.456. The second-order valence-electron chi connectivity index (χ2n) is 5.15. The number of nitrogens with zero attached hydrogens (tertiary/aromatic N) is 1. The van der Waals surface area contributed by atoms with Crippen LogP contribution in [0.15, 0.2) is 12.3 Å². The highest BCUT2D eigenvalue weighted by atomic mass is 35.5. The van der Waals surface area contributed by atoms with E-state index in [1.54, 1.807) is 13.1 Å². The molecular weight excluding hydrogens is 262 g/mol. The third-order valence-corrected chi connectivity index (χ3v) is 3.21. The van der Waals surface area contributed by atoms with Crippen LogP contribution >= 0.6 is 11.6 Å². The van der Waals surface area contributed by atoms with E-state index in [9.17, 15) is 4.79 Å². The van der Waals surface area contributed by atoms with Gasteiger partial charge in [-0.05, 0) is 31.7 Å². The van der Waals surface area contributed by atoms with Gasteiger partial charge in [-0.2, -0.15) is 0 Å². The smallest absolute Gasteiger partial charge is 0.253 e. The van der Waals surface area contributed by atoms with E-state index < -0.39 is 0 Å². The second kappa shape index (κ2) is 7.34. The molecule has 106 valence electrons. The molecule has 1 heterocycles. The first kappa shape index (κ1) is 15.8. The number of amides is 1. The summed E-state index contributed by atoms with van der Waals surface area (Å²) in [5, 5.41) is 6.23. The highest BCUT2D eigenvalue weighted by Crippen LogP contribution is 2.18. The van der Waals surface area contributed by atoms with Gasteiger partial charge in [0.15, 0.2) is 0 Å². The lowest BCUT2D eigenvalue weighted by Gasteiger charge is -2.15. The zero-order valence-electron chi connectivity index (χ0n) is 12.0. The number of hydrogen-bond acceptors (Lipinski definition) is 3. The predicted molar refractivity (Wildman–Crippen MR) is 79.8 cm³/mol. The average molecular weight is 284 g/mol. The van der Waals surface area contributed by atoms with Crippen LogP contribution in [-0.2, 0) is 0 Å². The molecule has 0 saturated heterocycles. The van der Waals surface area contributed by atoms with E-state index in [4.69, 9.17) is 11.6 Å². The zero-order valence-corrected chi connectivity index (χ0v) is 12.7. The molecular formula is C14H22ClN3O. The molecule has 5 heteroatoms. The van der Waals surface area contributed by atoms with Crippen molar-refractivity contribution in [3.8, 4) is 0 Å². The minimum absolute atomic E-state index is 0.136. The van der Waals surface area contributed by atoms with Gasteiger partial charge < -0.3 is 10.6 Å². The molecule has 0 saturated carbocycles. The highest BCUT2D eigenvalue weighted by Gasteiger charge is 2.14. The number of aromatic nitrogens is 1. The zero-order chi connectivity index (χ0) is 14.4. The second-order valence-corrected chi connectivity index (χ2v) is 5.55. The van der Waals surface area contributed by atoms with Crippen LogP contribution in [0.4, 0.5) is 5.82 Å². The molecule has 1 atom stereocenters. The van der Waals surface area contributed by atoms with Crippen LogP contribution in [0.2, 0.25) is 5.02 Å². The summed E-state index contributed by atoms with van der Waals surface area (Å²) in [4.78, 5) is 16.2. The van der Waals surface area contributed by atoms with Gasteiger partial charge in [0, 0.05) is 19.3 Å². The summed E-state index contributed by atoms with van der Waals surface area (Å²) < 4.78 is 0. The third-order valence-electron chi connectivity index (χ3n) is 2.91. The van der Waals surface area contributed by atoms with Gasteiger partial charge in [-0.15, -0.1) is 0 Å². The Labute approximate surface area is 120 Å². The molecule has 0 aliphatic heterocycles. The van der Waals surface area contributed by atoms with Gasteiger partial charge >= 0.3 is 0 Å². The standard InChI is InChI=1S/C14H22ClN3O/c1-9(2)5-6-10(3)18-14(19)11-7-13(16-4)17-8-12(11)15/h7-10H,5-6H2,1-4H3,(H,16,17)(H,18,19). The van der Waals surface area contributed by atoms with Crippen LogP contribution in [0.25, 0.3) is 0 Å². The molecule has 1 aromatic rings. The molecule has 0 radical (unpaired) electrons. The monoisotopic (exact) mass is 283 g/mol. The number of carbonyl (C=O) groups is 1. The molecule has 0 aliphatic rings. The fourth-order valence-corrected chi connectivity index (χ4v) is 1.90. The van der Waals surface area contributed by atoms with Gasteiger partial charge in [0.05, 0.1) is 10.6 Å². The molecule has 0 aliphatic carbocycles. The fourth-order valence-electron chi connectivity index (χ4n) is 1.71. The fraction of sp³-hybridized carbons (Fsp3) is 0.571. The van der Waals surface area contributed by atoms with Crippen LogP contribution in [0.3, 0.4) is 0 Å². The Bertz CT molecular complexity index is 435. The van der Waals surface area contributed by atoms with Crippen LogP contribution in [-0.4, -0.2) is 24.0 Å². The molecule has 4 nitrogen and oxygen atoms in total. The lowest BCUT2D eigenvalue weighted by Crippen LogP contribution is -2.33. The molecule has 2 N–H and O–H groups in total. The number of hydrogen-bond donors (Lipinski definition) is 2. The Morgan fingerprint density at radius 3 is 2.63 bits per heavy atom. The van der Waals surface area contributed by atoms with Crippen molar-refractivity contribution in [3.05, 3.63) is 22.8 Å². The van der Waals surface area contributed by atoms with E-state index in [-0.39, 0.29) is 11.9 Å². The molecule has 1 unspecified atom stereocenters. The largest absolute Gasteiger partial charge is 0.373 e. The number of carbonyl (C=O) groups excluding carboxylic acids is 1. The van der Waals surface area contributed by atoms with Gasteiger partial charge in [-0.3, -0.25) is 4.79 Å². The van der Waals surface area contributed by atoms with Crippen molar-refractivity contribution in [2.75, 3.05) is 12.4 Å². The number of rotatable bonds is 6. The van der Waals surface area contributed by atoms with Crippen molar-refractivity contribution in [3.63, 3.8) is 0 Å². The first-order valence-electron chi connectivity index (χ1n) is 6.58. The van der Waals surface area contributed by atoms with Crippen molar-refractivity contribution in [2.24, 2.45) is 5.92 Å². The maximum absolute atomic E-state index is 12.1. The van der Waals surface area contributed by atoms with Crippen molar-refractivity contribution < 1.29 is 4.79 Å². The van der Waals surface area contributed by atoms with E-state index in [2.05, 4.69) is 29.5 Å². The third kappa shape index (κ3) is 5.07. The van der Waals surface area contributed by atoms with Gasteiger partial charge in [-0.25, -0.2) is 4.98 Å². The molecule has 0 fully saturated rings. The Morgan fingerprint density at radius 1 is 1.37 bits per heavy atom. The minimum Gasteiger partial charge on any atom is -0.373 e. The van der Waals surface area contributed by atoms with E-state index in [1.165, 1.54) is 6.20 Å². The van der Waals surface area contributed by atoms with E-state index in [1.807, 2.05) is 6.92 Å². The lowest BCUT2D eigenvalue weighted by molar-refractivity contribution is 0.0937. The summed E-state index contributed by atoms with van der Waals surface area (Å²) in [5.74, 6) is 1.12. The van der Waals surface area contributed by atoms with Crippen LogP contribution in [0, 0.1) is 5.92 Å². The van der Waals surface area contributed by atoms with Crippen molar-refractivity contribution in [1.29, 1.82) is 0 Å². The van der Waals surface area contributed by atoms with Gasteiger partial charge in [-0.1, -0.05) is 25.4 Å². The minimum atomic E-state index is -0.153. The molecule has 19 heavy (non-hydrogen) atoms. The number of pyridine rings is 1. The SMILES string of the molecule is CNc1cc(C(=O)NC(C)CCC(C)C)c(Cl)cn1. The summed E-state index contributed by atoms with van der Waals surface area (Å²) in [6, 6.07) is 1.80. The normalized spacial score (nSPS) is 12.3. The summed E-state index contributed by atoms with van der Waals surface area (Å²) in [7, 11) is 1.75. The maximum atomic E-state index is 12.1. The first-order chi connectivity index (χ1) is 8.93. The van der Waals surface area contributed by atoms with Crippen molar-refractivity contribution in [2.45, 2.75) is 39.7 Å². The lowest BCUT2D eigenvalue weighted by atomic mass is 10.0. The average Bonchev–Trinajstić information content (AvgIpc) is 2.36. The Morgan fingerprint density at radius 2 is 2.05 bits per heavy atom. The number of halogens is 1. The molecule has 1 aromatic heterocycles. The van der Waals surface area contributed by atoms with E-state index in [0.717, 1.165) is 12.8 Å². The van der Waals surface area contributed by atoms with Crippen molar-refractivity contribution in [1.82, 2.24) is 10.3 Å². The molecule has 0 spiro atoms. The molecule has 0 bridgehead atoms. The maximum Gasteiger partial charge on any atom is 0.253 e. The van der Waals surface area contributed by atoms with Crippen LogP contribution in [0.1, 0.15) is 44.0 Å². The van der Waals surface area contributed by atoms with Gasteiger partial charge in [0.1, 0.15) is 5.82 Å². The van der Waals surface area contributed by atoms with Crippen LogP contribution < -0.4 is 10.6 Å². The molecule has 1 rings (SSSR count). The van der Waals surface area contributed by atoms with Gasteiger partial charge in [0.2, 0.25) is 0 Å². The topological polar surface area (TPSA) is 54.0 Å². The quantitative estimate of drug-likeness (QED) is 0.842. The Balaban J connectivity index is 2.67. The van der Waals surface area contributed by atoms with E-state index >= 15 is 0 Å². The Hall–Kier alpha value is -1.29.